The van der Waals surface area contributed by atoms with Crippen molar-refractivity contribution in [3.63, 3.8) is 0 Å². The first kappa shape index (κ1) is 17.2. The molecule has 3 N–H and O–H groups in total. The second-order valence-corrected chi connectivity index (χ2v) is 7.29. The van der Waals surface area contributed by atoms with Gasteiger partial charge in [-0.25, -0.2) is 4.79 Å². The van der Waals surface area contributed by atoms with Crippen molar-refractivity contribution in [2.75, 3.05) is 26.2 Å². The molecular formula is C16H27N3O2S. The molecule has 6 heteroatoms. The molecule has 0 aromatic carbocycles. The maximum absolute atomic E-state index is 12.0. The van der Waals surface area contributed by atoms with E-state index in [2.05, 4.69) is 15.5 Å². The van der Waals surface area contributed by atoms with E-state index in [1.807, 2.05) is 24.4 Å². The molecule has 1 aliphatic heterocycles. The zero-order valence-electron chi connectivity index (χ0n) is 13.5. The van der Waals surface area contributed by atoms with Gasteiger partial charge in [0.15, 0.2) is 0 Å². The van der Waals surface area contributed by atoms with Gasteiger partial charge in [0.05, 0.1) is 6.54 Å². The van der Waals surface area contributed by atoms with Crippen molar-refractivity contribution >= 4 is 17.4 Å². The van der Waals surface area contributed by atoms with Crippen molar-refractivity contribution in [3.8, 4) is 0 Å². The van der Waals surface area contributed by atoms with Gasteiger partial charge in [-0.3, -0.25) is 0 Å². The highest BCUT2D eigenvalue weighted by Crippen LogP contribution is 2.24. The molecule has 0 radical (unpaired) electrons. The van der Waals surface area contributed by atoms with Crippen LogP contribution in [0.2, 0.25) is 0 Å². The van der Waals surface area contributed by atoms with Gasteiger partial charge in [-0.15, -0.1) is 11.3 Å². The second-order valence-electron chi connectivity index (χ2n) is 6.34. The number of urea groups is 1. The molecule has 0 bridgehead atoms. The minimum atomic E-state index is -1.03. The first-order valence-electron chi connectivity index (χ1n) is 8.00. The van der Waals surface area contributed by atoms with Crippen LogP contribution in [0.3, 0.4) is 0 Å². The van der Waals surface area contributed by atoms with Crippen molar-refractivity contribution in [1.29, 1.82) is 0 Å². The van der Waals surface area contributed by atoms with Crippen molar-refractivity contribution in [3.05, 3.63) is 22.4 Å². The van der Waals surface area contributed by atoms with Crippen LogP contribution in [0.15, 0.2) is 17.5 Å². The standard InChI is InChI=1S/C16H27N3O2S/c1-13(11-19-8-4-3-5-9-19)18-15(20)17-12-16(2,21)14-7-6-10-22-14/h6-7,10,13,21H,3-5,8-9,11-12H2,1-2H3,(H2,17,18,20). The lowest BCUT2D eigenvalue weighted by molar-refractivity contribution is 0.0629. The first-order valence-corrected chi connectivity index (χ1v) is 8.88. The summed E-state index contributed by atoms with van der Waals surface area (Å²) in [6.45, 7) is 7.08. The Bertz CT molecular complexity index is 456. The Balaban J connectivity index is 1.70. The van der Waals surface area contributed by atoms with Gasteiger partial charge in [0, 0.05) is 17.5 Å². The molecular weight excluding hydrogens is 298 g/mol. The van der Waals surface area contributed by atoms with E-state index in [1.54, 1.807) is 6.92 Å². The van der Waals surface area contributed by atoms with E-state index >= 15 is 0 Å². The van der Waals surface area contributed by atoms with Crippen molar-refractivity contribution in [1.82, 2.24) is 15.5 Å². The smallest absolute Gasteiger partial charge is 0.315 e. The minimum Gasteiger partial charge on any atom is -0.383 e. The van der Waals surface area contributed by atoms with Gasteiger partial charge in [0.25, 0.3) is 0 Å². The minimum absolute atomic E-state index is 0.102. The van der Waals surface area contributed by atoms with Crippen LogP contribution < -0.4 is 10.6 Å². The average molecular weight is 325 g/mol. The van der Waals surface area contributed by atoms with E-state index in [-0.39, 0.29) is 18.6 Å². The van der Waals surface area contributed by atoms with Crippen LogP contribution in [-0.4, -0.2) is 48.3 Å². The van der Waals surface area contributed by atoms with Crippen LogP contribution in [0.1, 0.15) is 38.0 Å². The number of likely N-dealkylation sites (tertiary alicyclic amines) is 1. The number of aliphatic hydroxyl groups is 1. The summed E-state index contributed by atoms with van der Waals surface area (Å²) >= 11 is 1.49. The number of rotatable bonds is 6. The average Bonchev–Trinajstić information content (AvgIpc) is 3.01. The lowest BCUT2D eigenvalue weighted by Crippen LogP contribution is -2.49. The zero-order chi connectivity index (χ0) is 16.0. The molecule has 1 saturated heterocycles. The van der Waals surface area contributed by atoms with Gasteiger partial charge in [-0.1, -0.05) is 12.5 Å². The Morgan fingerprint density at radius 1 is 1.45 bits per heavy atom. The number of thiophene rings is 1. The summed E-state index contributed by atoms with van der Waals surface area (Å²) in [5, 5.41) is 18.0. The molecule has 2 amide bonds. The molecule has 1 aliphatic rings. The Labute approximate surface area is 136 Å². The molecule has 22 heavy (non-hydrogen) atoms. The van der Waals surface area contributed by atoms with Crippen LogP contribution in [0, 0.1) is 0 Å². The van der Waals surface area contributed by atoms with Crippen molar-refractivity contribution in [2.45, 2.75) is 44.8 Å². The maximum atomic E-state index is 12.0. The molecule has 1 aromatic heterocycles. The van der Waals surface area contributed by atoms with E-state index < -0.39 is 5.60 Å². The van der Waals surface area contributed by atoms with Gasteiger partial charge in [0.2, 0.25) is 0 Å². The highest BCUT2D eigenvalue weighted by molar-refractivity contribution is 7.10. The van der Waals surface area contributed by atoms with Gasteiger partial charge in [-0.2, -0.15) is 0 Å². The van der Waals surface area contributed by atoms with Crippen LogP contribution >= 0.6 is 11.3 Å². The summed E-state index contributed by atoms with van der Waals surface area (Å²) in [4.78, 5) is 15.2. The van der Waals surface area contributed by atoms with E-state index in [4.69, 9.17) is 0 Å². The van der Waals surface area contributed by atoms with E-state index in [1.165, 1.54) is 30.6 Å². The molecule has 1 aromatic rings. The number of carbonyl (C=O) groups is 1. The predicted octanol–water partition coefficient (Wildman–Crippen LogP) is 2.13. The van der Waals surface area contributed by atoms with Gasteiger partial charge < -0.3 is 20.6 Å². The topological polar surface area (TPSA) is 64.6 Å². The molecule has 0 spiro atoms. The number of piperidine rings is 1. The third-order valence-corrected chi connectivity index (χ3v) is 5.13. The normalized spacial score (nSPS) is 20.1. The molecule has 2 unspecified atom stereocenters. The van der Waals surface area contributed by atoms with Crippen molar-refractivity contribution in [2.24, 2.45) is 0 Å². The monoisotopic (exact) mass is 325 g/mol. The molecule has 0 aliphatic carbocycles. The first-order chi connectivity index (χ1) is 10.5. The third-order valence-electron chi connectivity index (χ3n) is 4.00. The lowest BCUT2D eigenvalue weighted by Gasteiger charge is -2.29. The zero-order valence-corrected chi connectivity index (χ0v) is 14.3. The molecule has 2 rings (SSSR count). The van der Waals surface area contributed by atoms with Gasteiger partial charge >= 0.3 is 6.03 Å². The van der Waals surface area contributed by atoms with E-state index in [9.17, 15) is 9.90 Å². The number of carbonyl (C=O) groups excluding carboxylic acids is 1. The van der Waals surface area contributed by atoms with E-state index in [0.717, 1.165) is 24.5 Å². The maximum Gasteiger partial charge on any atom is 0.315 e. The molecule has 0 saturated carbocycles. The molecule has 124 valence electrons. The van der Waals surface area contributed by atoms with Crippen LogP contribution in [0.25, 0.3) is 0 Å². The molecule has 2 heterocycles. The Hall–Kier alpha value is -1.11. The summed E-state index contributed by atoms with van der Waals surface area (Å²) in [6, 6.07) is 3.66. The summed E-state index contributed by atoms with van der Waals surface area (Å²) in [6.07, 6.45) is 3.82. The van der Waals surface area contributed by atoms with Crippen LogP contribution in [-0.2, 0) is 5.60 Å². The summed E-state index contributed by atoms with van der Waals surface area (Å²) < 4.78 is 0. The number of hydrogen-bond acceptors (Lipinski definition) is 4. The quantitative estimate of drug-likeness (QED) is 0.751. The fourth-order valence-electron chi connectivity index (χ4n) is 2.77. The number of amides is 2. The SMILES string of the molecule is CC(CN1CCCCC1)NC(=O)NCC(C)(O)c1cccs1. The Morgan fingerprint density at radius 3 is 2.82 bits per heavy atom. The van der Waals surface area contributed by atoms with Gasteiger partial charge in [-0.05, 0) is 51.2 Å². The lowest BCUT2D eigenvalue weighted by atomic mass is 10.1. The summed E-state index contributed by atoms with van der Waals surface area (Å²) in [5.74, 6) is 0. The fraction of sp³-hybridized carbons (Fsp3) is 0.688. The largest absolute Gasteiger partial charge is 0.383 e. The van der Waals surface area contributed by atoms with Crippen molar-refractivity contribution < 1.29 is 9.90 Å². The summed E-state index contributed by atoms with van der Waals surface area (Å²) in [5.41, 5.74) is -1.03. The third kappa shape index (κ3) is 5.26. The molecule has 2 atom stereocenters. The van der Waals surface area contributed by atoms with Crippen LogP contribution in [0.4, 0.5) is 4.79 Å². The number of hydrogen-bond donors (Lipinski definition) is 3. The number of nitrogens with one attached hydrogen (secondary N) is 2. The highest BCUT2D eigenvalue weighted by atomic mass is 32.1. The Kier molecular flexibility index (Phi) is 6.23. The fourth-order valence-corrected chi connectivity index (χ4v) is 3.56. The predicted molar refractivity (Wildman–Crippen MR) is 90.2 cm³/mol. The van der Waals surface area contributed by atoms with Crippen LogP contribution in [0.5, 0.6) is 0 Å². The highest BCUT2D eigenvalue weighted by Gasteiger charge is 2.25. The Morgan fingerprint density at radius 2 is 2.18 bits per heavy atom. The number of nitrogens with zero attached hydrogens (tertiary/aromatic N) is 1. The molecule has 5 nitrogen and oxygen atoms in total. The van der Waals surface area contributed by atoms with E-state index in [0.29, 0.717) is 0 Å². The second kappa shape index (κ2) is 7.94. The van der Waals surface area contributed by atoms with Gasteiger partial charge in [0.1, 0.15) is 5.60 Å². The molecule has 1 fully saturated rings. The summed E-state index contributed by atoms with van der Waals surface area (Å²) in [7, 11) is 0.